The molecule has 1 atom stereocenters. The van der Waals surface area contributed by atoms with Gasteiger partial charge in [-0.05, 0) is 36.2 Å². The molecular formula is C22H25ClN6O4. The topological polar surface area (TPSA) is 133 Å². The highest BCUT2D eigenvalue weighted by Crippen LogP contribution is 2.32. The molecule has 3 N–H and O–H groups in total. The average molecular weight is 473 g/mol. The summed E-state index contributed by atoms with van der Waals surface area (Å²) in [6, 6.07) is 5.59. The Bertz CT molecular complexity index is 1080. The normalized spacial score (nSPS) is 17.2. The minimum atomic E-state index is -0.993. The first kappa shape index (κ1) is 24.1. The molecule has 4 amide bonds. The molecule has 1 saturated heterocycles. The summed E-state index contributed by atoms with van der Waals surface area (Å²) >= 11 is 5.74. The Hall–Kier alpha value is -3.53. The number of amides is 4. The van der Waals surface area contributed by atoms with Crippen molar-refractivity contribution in [3.8, 4) is 0 Å². The van der Waals surface area contributed by atoms with Gasteiger partial charge in [0, 0.05) is 31.4 Å². The fourth-order valence-electron chi connectivity index (χ4n) is 3.48. The van der Waals surface area contributed by atoms with E-state index >= 15 is 0 Å². The summed E-state index contributed by atoms with van der Waals surface area (Å²) in [5.74, 6) is -1.58. The van der Waals surface area contributed by atoms with Crippen molar-refractivity contribution in [2.45, 2.75) is 39.2 Å². The van der Waals surface area contributed by atoms with Crippen LogP contribution in [0.1, 0.15) is 53.8 Å². The number of nitrogens with zero attached hydrogens (tertiary/aromatic N) is 3. The number of imide groups is 2. The van der Waals surface area contributed by atoms with Crippen molar-refractivity contribution in [3.05, 3.63) is 46.9 Å². The summed E-state index contributed by atoms with van der Waals surface area (Å²) in [5, 5.41) is 8.51. The lowest BCUT2D eigenvalue weighted by Gasteiger charge is -2.27. The van der Waals surface area contributed by atoms with E-state index in [0.29, 0.717) is 24.6 Å². The van der Waals surface area contributed by atoms with Crippen LogP contribution in [0.3, 0.4) is 0 Å². The molecule has 1 aromatic heterocycles. The second-order valence-electron chi connectivity index (χ2n) is 7.45. The van der Waals surface area contributed by atoms with Gasteiger partial charge < -0.3 is 10.6 Å². The van der Waals surface area contributed by atoms with Crippen LogP contribution in [0.4, 0.5) is 11.5 Å². The minimum Gasteiger partial charge on any atom is -0.383 e. The molecule has 1 aromatic carbocycles. The van der Waals surface area contributed by atoms with Gasteiger partial charge in [0.1, 0.15) is 11.9 Å². The van der Waals surface area contributed by atoms with E-state index in [-0.39, 0.29) is 29.3 Å². The Morgan fingerprint density at radius 3 is 2.52 bits per heavy atom. The second-order valence-corrected chi connectivity index (χ2v) is 7.78. The minimum absolute atomic E-state index is 0.0770. The molecule has 3 heterocycles. The van der Waals surface area contributed by atoms with Crippen molar-refractivity contribution < 1.29 is 19.2 Å². The number of carbonyl (C=O) groups excluding carboxylic acids is 4. The molecule has 11 heteroatoms. The van der Waals surface area contributed by atoms with Crippen molar-refractivity contribution in [1.82, 2.24) is 20.2 Å². The summed E-state index contributed by atoms with van der Waals surface area (Å²) < 4.78 is 0. The van der Waals surface area contributed by atoms with Crippen molar-refractivity contribution in [1.29, 1.82) is 0 Å². The zero-order valence-electron chi connectivity index (χ0n) is 18.4. The van der Waals surface area contributed by atoms with E-state index in [4.69, 9.17) is 11.6 Å². The predicted molar refractivity (Wildman–Crippen MR) is 123 cm³/mol. The van der Waals surface area contributed by atoms with Crippen LogP contribution < -0.4 is 16.0 Å². The van der Waals surface area contributed by atoms with Crippen molar-refractivity contribution >= 4 is 46.7 Å². The van der Waals surface area contributed by atoms with E-state index in [0.717, 1.165) is 4.90 Å². The van der Waals surface area contributed by atoms with E-state index in [1.54, 1.807) is 24.3 Å². The molecule has 174 valence electrons. The average Bonchev–Trinajstić information content (AvgIpc) is 3.03. The van der Waals surface area contributed by atoms with Gasteiger partial charge in [-0.1, -0.05) is 26.3 Å². The molecule has 2 aliphatic heterocycles. The molecule has 0 saturated carbocycles. The zero-order chi connectivity index (χ0) is 24.0. The number of hydrogen-bond acceptors (Lipinski definition) is 8. The standard InChI is InChI=1S/C19H17ClN6O4.C3H8/c20-19-23-7-6-13(24-19)22-9-8-21-11-3-1-2-10-15(11)18(30)26(17(10)29)12-4-5-14(27)25-16(12)28;1-3-2/h1-3,6-7,12,21H,4-5,8-9H2,(H,22,23,24)(H,25,27,28);3H2,1-2H3. The monoisotopic (exact) mass is 472 g/mol. The number of carbonyl (C=O) groups is 4. The van der Waals surface area contributed by atoms with Crippen LogP contribution in [0.25, 0.3) is 0 Å². The quantitative estimate of drug-likeness (QED) is 0.331. The number of nitrogens with one attached hydrogen (secondary N) is 3. The van der Waals surface area contributed by atoms with Crippen LogP contribution in [-0.4, -0.2) is 57.6 Å². The number of benzene rings is 1. The largest absolute Gasteiger partial charge is 0.383 e. The highest BCUT2D eigenvalue weighted by Gasteiger charge is 2.45. The number of fused-ring (bicyclic) bond motifs is 1. The third-order valence-electron chi connectivity index (χ3n) is 4.84. The molecular weight excluding hydrogens is 448 g/mol. The number of rotatable bonds is 6. The van der Waals surface area contributed by atoms with Gasteiger partial charge in [0.25, 0.3) is 11.8 Å². The smallest absolute Gasteiger partial charge is 0.264 e. The molecule has 1 fully saturated rings. The molecule has 33 heavy (non-hydrogen) atoms. The summed E-state index contributed by atoms with van der Waals surface area (Å²) in [5.41, 5.74) is 0.936. The van der Waals surface area contributed by atoms with Crippen molar-refractivity contribution in [2.75, 3.05) is 23.7 Å². The third-order valence-corrected chi connectivity index (χ3v) is 5.02. The highest BCUT2D eigenvalue weighted by molar-refractivity contribution is 6.28. The third kappa shape index (κ3) is 5.46. The lowest BCUT2D eigenvalue weighted by atomic mass is 10.0. The molecule has 0 radical (unpaired) electrons. The van der Waals surface area contributed by atoms with Crippen LogP contribution in [0.15, 0.2) is 30.5 Å². The van der Waals surface area contributed by atoms with Crippen LogP contribution in [0.5, 0.6) is 0 Å². The molecule has 0 spiro atoms. The van der Waals surface area contributed by atoms with Gasteiger partial charge in [0.2, 0.25) is 17.1 Å². The summed E-state index contributed by atoms with van der Waals surface area (Å²) in [6.45, 7) is 5.15. The lowest BCUT2D eigenvalue weighted by molar-refractivity contribution is -0.136. The van der Waals surface area contributed by atoms with E-state index < -0.39 is 29.7 Å². The first-order valence-corrected chi connectivity index (χ1v) is 11.1. The number of piperidine rings is 1. The Labute approximate surface area is 196 Å². The van der Waals surface area contributed by atoms with E-state index in [1.807, 2.05) is 0 Å². The maximum Gasteiger partial charge on any atom is 0.264 e. The maximum atomic E-state index is 13.0. The number of hydrogen-bond donors (Lipinski definition) is 3. The van der Waals surface area contributed by atoms with Crippen molar-refractivity contribution in [3.63, 3.8) is 0 Å². The SMILES string of the molecule is CCC.O=C1CCC(N2C(=O)c3cccc(NCCNc4ccnc(Cl)n4)c3C2=O)C(=O)N1. The van der Waals surface area contributed by atoms with Crippen LogP contribution in [-0.2, 0) is 9.59 Å². The van der Waals surface area contributed by atoms with E-state index in [2.05, 4.69) is 39.8 Å². The number of aromatic nitrogens is 2. The Kier molecular flexibility index (Phi) is 7.94. The van der Waals surface area contributed by atoms with E-state index in [9.17, 15) is 19.2 Å². The van der Waals surface area contributed by atoms with Crippen LogP contribution in [0.2, 0.25) is 5.28 Å². The van der Waals surface area contributed by atoms with Gasteiger partial charge in [0.15, 0.2) is 0 Å². The Morgan fingerprint density at radius 2 is 1.82 bits per heavy atom. The number of halogens is 1. The van der Waals surface area contributed by atoms with Gasteiger partial charge in [-0.2, -0.15) is 0 Å². The van der Waals surface area contributed by atoms with Gasteiger partial charge >= 0.3 is 0 Å². The number of anilines is 2. The fourth-order valence-corrected chi connectivity index (χ4v) is 3.63. The van der Waals surface area contributed by atoms with Gasteiger partial charge in [-0.25, -0.2) is 9.97 Å². The Balaban J connectivity index is 0.000000968. The molecule has 0 aliphatic carbocycles. The first-order chi connectivity index (χ1) is 15.9. The fraction of sp³-hybridized carbons (Fsp3) is 0.364. The lowest BCUT2D eigenvalue weighted by Crippen LogP contribution is -2.54. The maximum absolute atomic E-state index is 13.0. The zero-order valence-corrected chi connectivity index (χ0v) is 19.1. The van der Waals surface area contributed by atoms with Gasteiger partial charge in [0.05, 0.1) is 11.1 Å². The summed E-state index contributed by atoms with van der Waals surface area (Å²) in [6.07, 6.45) is 2.97. The van der Waals surface area contributed by atoms with Crippen LogP contribution >= 0.6 is 11.6 Å². The van der Waals surface area contributed by atoms with Gasteiger partial charge in [-0.3, -0.25) is 29.4 Å². The molecule has 2 aromatic rings. The first-order valence-electron chi connectivity index (χ1n) is 10.7. The predicted octanol–water partition coefficient (Wildman–Crippen LogP) is 2.47. The van der Waals surface area contributed by atoms with Crippen molar-refractivity contribution in [2.24, 2.45) is 0 Å². The van der Waals surface area contributed by atoms with Crippen LogP contribution in [0, 0.1) is 0 Å². The molecule has 2 aliphatic rings. The summed E-state index contributed by atoms with van der Waals surface area (Å²) in [4.78, 5) is 58.1. The molecule has 1 unspecified atom stereocenters. The van der Waals surface area contributed by atoms with Gasteiger partial charge in [-0.15, -0.1) is 0 Å². The molecule has 10 nitrogen and oxygen atoms in total. The molecule has 4 rings (SSSR count). The van der Waals surface area contributed by atoms with E-state index in [1.165, 1.54) is 12.6 Å². The highest BCUT2D eigenvalue weighted by atomic mass is 35.5. The summed E-state index contributed by atoms with van der Waals surface area (Å²) in [7, 11) is 0. The Morgan fingerprint density at radius 1 is 1.09 bits per heavy atom. The second kappa shape index (κ2) is 10.9. The molecule has 0 bridgehead atoms.